The van der Waals surface area contributed by atoms with Crippen LogP contribution in [-0.2, 0) is 10.0 Å². The smallest absolute Gasteiger partial charge is 0.255 e. The van der Waals surface area contributed by atoms with Crippen LogP contribution >= 0.6 is 0 Å². The summed E-state index contributed by atoms with van der Waals surface area (Å²) in [6.45, 7) is 0. The second-order valence-corrected chi connectivity index (χ2v) is 7.62. The molecule has 3 rings (SSSR count). The van der Waals surface area contributed by atoms with Gasteiger partial charge in [0, 0.05) is 23.0 Å². The summed E-state index contributed by atoms with van der Waals surface area (Å²) in [5.41, 5.74) is 1.16. The van der Waals surface area contributed by atoms with Crippen molar-refractivity contribution in [2.75, 3.05) is 10.0 Å². The van der Waals surface area contributed by atoms with Crippen LogP contribution in [0, 0.1) is 11.6 Å². The molecule has 3 aromatic rings. The van der Waals surface area contributed by atoms with Gasteiger partial charge in [0.05, 0.1) is 5.41 Å². The molecule has 3 aromatic carbocycles. The molecule has 0 unspecified atom stereocenters. The predicted octanol–water partition coefficient (Wildman–Crippen LogP) is 4.63. The molecule has 0 saturated heterocycles. The van der Waals surface area contributed by atoms with Crippen LogP contribution in [0.1, 0.15) is 15.9 Å². The van der Waals surface area contributed by atoms with Crippen molar-refractivity contribution in [1.29, 1.82) is 0 Å². The predicted molar refractivity (Wildman–Crippen MR) is 109 cm³/mol. The van der Waals surface area contributed by atoms with E-state index < -0.39 is 27.6 Å². The van der Waals surface area contributed by atoms with Gasteiger partial charge < -0.3 is 5.32 Å². The van der Waals surface area contributed by atoms with E-state index in [4.69, 9.17) is 0 Å². The van der Waals surface area contributed by atoms with E-state index >= 15 is 0 Å². The van der Waals surface area contributed by atoms with E-state index in [1.165, 1.54) is 30.3 Å². The summed E-state index contributed by atoms with van der Waals surface area (Å²) in [5.74, 6) is -2.21. The molecule has 8 heteroatoms. The van der Waals surface area contributed by atoms with E-state index in [0.717, 1.165) is 23.1 Å². The van der Waals surface area contributed by atoms with Crippen molar-refractivity contribution in [3.8, 4) is 0 Å². The molecule has 0 atom stereocenters. The maximum atomic E-state index is 13.2. The second-order valence-electron chi connectivity index (χ2n) is 6.05. The molecule has 0 aliphatic heterocycles. The van der Waals surface area contributed by atoms with Crippen molar-refractivity contribution >= 4 is 33.4 Å². The van der Waals surface area contributed by atoms with Crippen LogP contribution in [-0.4, -0.2) is 14.3 Å². The topological polar surface area (TPSA) is 75.3 Å². The normalized spacial score (nSPS) is 11.4. The van der Waals surface area contributed by atoms with E-state index in [0.29, 0.717) is 6.07 Å². The Morgan fingerprint density at radius 1 is 0.828 bits per heavy atom. The van der Waals surface area contributed by atoms with E-state index in [-0.39, 0.29) is 16.9 Å². The third kappa shape index (κ3) is 5.98. The van der Waals surface area contributed by atoms with Crippen LogP contribution in [0.4, 0.5) is 20.2 Å². The van der Waals surface area contributed by atoms with Crippen molar-refractivity contribution in [2.24, 2.45) is 0 Å². The first-order chi connectivity index (χ1) is 13.8. The number of halogens is 2. The first-order valence-corrected chi connectivity index (χ1v) is 9.99. The average molecular weight is 414 g/mol. The third-order valence-electron chi connectivity index (χ3n) is 3.77. The fourth-order valence-corrected chi connectivity index (χ4v) is 3.32. The standard InChI is InChI=1S/C21H16F2N2O3S/c22-17-12-18(23)14-20(13-17)24-21(26)16-6-8-19(9-7-16)25-29(27,28)11-10-15-4-2-1-3-5-15/h1-14,25H,(H,24,26)/b11-10+. The minimum atomic E-state index is -3.74. The summed E-state index contributed by atoms with van der Waals surface area (Å²) in [6.07, 6.45) is 1.46. The molecule has 0 heterocycles. The third-order valence-corrected chi connectivity index (χ3v) is 4.78. The van der Waals surface area contributed by atoms with Gasteiger partial charge in [-0.1, -0.05) is 30.3 Å². The van der Waals surface area contributed by atoms with Crippen LogP contribution < -0.4 is 10.0 Å². The number of rotatable bonds is 6. The molecule has 0 fully saturated rings. The van der Waals surface area contributed by atoms with E-state index in [1.54, 1.807) is 24.3 Å². The Morgan fingerprint density at radius 2 is 1.45 bits per heavy atom. The van der Waals surface area contributed by atoms with Crippen molar-refractivity contribution in [2.45, 2.75) is 0 Å². The van der Waals surface area contributed by atoms with Crippen molar-refractivity contribution in [3.05, 3.63) is 101 Å². The lowest BCUT2D eigenvalue weighted by molar-refractivity contribution is 0.102. The van der Waals surface area contributed by atoms with Gasteiger partial charge in [0.2, 0.25) is 0 Å². The first-order valence-electron chi connectivity index (χ1n) is 8.44. The summed E-state index contributed by atoms with van der Waals surface area (Å²) >= 11 is 0. The van der Waals surface area contributed by atoms with Gasteiger partial charge in [0.25, 0.3) is 15.9 Å². The Kier molecular flexibility index (Phi) is 6.04. The highest BCUT2D eigenvalue weighted by atomic mass is 32.2. The number of amides is 1. The summed E-state index contributed by atoms with van der Waals surface area (Å²) in [6, 6.07) is 17.2. The Hall–Kier alpha value is -3.52. The largest absolute Gasteiger partial charge is 0.322 e. The monoisotopic (exact) mass is 414 g/mol. The summed E-state index contributed by atoms with van der Waals surface area (Å²) in [7, 11) is -3.74. The molecular formula is C21H16F2N2O3S. The number of hydrogen-bond acceptors (Lipinski definition) is 3. The molecule has 2 N–H and O–H groups in total. The molecular weight excluding hydrogens is 398 g/mol. The number of anilines is 2. The SMILES string of the molecule is O=C(Nc1cc(F)cc(F)c1)c1ccc(NS(=O)(=O)/C=C/c2ccccc2)cc1. The number of hydrogen-bond donors (Lipinski definition) is 2. The summed E-state index contributed by atoms with van der Waals surface area (Å²) in [4.78, 5) is 12.2. The fraction of sp³-hybridized carbons (Fsp3) is 0. The molecule has 0 aliphatic rings. The van der Waals surface area contributed by atoms with Crippen molar-refractivity contribution in [3.63, 3.8) is 0 Å². The van der Waals surface area contributed by atoms with Crippen molar-refractivity contribution in [1.82, 2.24) is 0 Å². The van der Waals surface area contributed by atoms with Gasteiger partial charge in [-0.05, 0) is 48.0 Å². The van der Waals surface area contributed by atoms with Gasteiger partial charge in [-0.3, -0.25) is 9.52 Å². The van der Waals surface area contributed by atoms with Gasteiger partial charge in [0.15, 0.2) is 0 Å². The first kappa shape index (κ1) is 20.2. The van der Waals surface area contributed by atoms with Crippen LogP contribution in [0.5, 0.6) is 0 Å². The lowest BCUT2D eigenvalue weighted by Gasteiger charge is -2.08. The highest BCUT2D eigenvalue weighted by molar-refractivity contribution is 7.95. The summed E-state index contributed by atoms with van der Waals surface area (Å²) in [5, 5.41) is 3.42. The molecule has 0 aliphatic carbocycles. The Balaban J connectivity index is 1.66. The minimum absolute atomic E-state index is 0.0247. The number of carbonyl (C=O) groups is 1. The number of sulfonamides is 1. The highest BCUT2D eigenvalue weighted by Gasteiger charge is 2.10. The van der Waals surface area contributed by atoms with Crippen LogP contribution in [0.15, 0.2) is 78.2 Å². The Labute approximate surface area is 166 Å². The maximum Gasteiger partial charge on any atom is 0.255 e. The van der Waals surface area contributed by atoms with E-state index in [2.05, 4.69) is 10.0 Å². The number of carbonyl (C=O) groups excluding carboxylic acids is 1. The molecule has 0 saturated carbocycles. The number of nitrogens with one attached hydrogen (secondary N) is 2. The van der Waals surface area contributed by atoms with Gasteiger partial charge in [-0.25, -0.2) is 17.2 Å². The lowest BCUT2D eigenvalue weighted by Crippen LogP contribution is -2.13. The van der Waals surface area contributed by atoms with E-state index in [9.17, 15) is 22.0 Å². The van der Waals surface area contributed by atoms with Crippen molar-refractivity contribution < 1.29 is 22.0 Å². The average Bonchev–Trinajstić information content (AvgIpc) is 2.67. The second kappa shape index (κ2) is 8.66. The number of benzene rings is 3. The molecule has 0 radical (unpaired) electrons. The molecule has 148 valence electrons. The quantitative estimate of drug-likeness (QED) is 0.618. The molecule has 1 amide bonds. The molecule has 5 nitrogen and oxygen atoms in total. The van der Waals surface area contributed by atoms with E-state index in [1.807, 2.05) is 6.07 Å². The fourth-order valence-electron chi connectivity index (χ4n) is 2.45. The Morgan fingerprint density at radius 3 is 2.07 bits per heavy atom. The summed E-state index contributed by atoms with van der Waals surface area (Å²) < 4.78 is 53.1. The van der Waals surface area contributed by atoms with Gasteiger partial charge >= 0.3 is 0 Å². The zero-order valence-corrected chi connectivity index (χ0v) is 15.8. The van der Waals surface area contributed by atoms with Gasteiger partial charge in [0.1, 0.15) is 11.6 Å². The molecule has 0 aromatic heterocycles. The molecule has 0 spiro atoms. The van der Waals surface area contributed by atoms with Gasteiger partial charge in [-0.15, -0.1) is 0 Å². The van der Waals surface area contributed by atoms with Gasteiger partial charge in [-0.2, -0.15) is 0 Å². The lowest BCUT2D eigenvalue weighted by atomic mass is 10.2. The zero-order chi connectivity index (χ0) is 20.9. The zero-order valence-electron chi connectivity index (χ0n) is 15.0. The maximum absolute atomic E-state index is 13.2. The van der Waals surface area contributed by atoms with Crippen LogP contribution in [0.25, 0.3) is 6.08 Å². The van der Waals surface area contributed by atoms with Crippen LogP contribution in [0.3, 0.4) is 0 Å². The highest BCUT2D eigenvalue weighted by Crippen LogP contribution is 2.16. The molecule has 29 heavy (non-hydrogen) atoms. The van der Waals surface area contributed by atoms with Crippen LogP contribution in [0.2, 0.25) is 0 Å². The Bertz CT molecular complexity index is 1130. The minimum Gasteiger partial charge on any atom is -0.322 e. The molecule has 0 bridgehead atoms.